The highest BCUT2D eigenvalue weighted by molar-refractivity contribution is 5.99. The molecule has 2 fully saturated rings. The van der Waals surface area contributed by atoms with Crippen LogP contribution in [0.4, 0.5) is 4.39 Å². The van der Waals surface area contributed by atoms with E-state index in [0.717, 1.165) is 31.2 Å². The summed E-state index contributed by atoms with van der Waals surface area (Å²) in [6.45, 7) is 7.57. The van der Waals surface area contributed by atoms with Crippen molar-refractivity contribution in [3.05, 3.63) is 59.9 Å². The number of fused-ring (bicyclic) bond motifs is 1. The summed E-state index contributed by atoms with van der Waals surface area (Å²) in [5.41, 5.74) is 3.17. The predicted octanol–water partition coefficient (Wildman–Crippen LogP) is 5.60. The topological polar surface area (TPSA) is 68.1 Å². The lowest BCUT2D eigenvalue weighted by molar-refractivity contribution is -0.127. The van der Waals surface area contributed by atoms with Crippen LogP contribution in [-0.4, -0.2) is 44.7 Å². The molecule has 2 aromatic carbocycles. The van der Waals surface area contributed by atoms with E-state index >= 15 is 0 Å². The van der Waals surface area contributed by atoms with Gasteiger partial charge in [0.2, 0.25) is 5.91 Å². The molecule has 7 heteroatoms. The van der Waals surface area contributed by atoms with Crippen LogP contribution in [0.3, 0.4) is 0 Å². The SMILES string of the molecule is CC(C)(C)/C=C\C(=O)N1CCC(n2nnc3cc(-c4ccc(C(=O)C5CC5)cc4F)ccc32)CC1. The van der Waals surface area contributed by atoms with Gasteiger partial charge in [-0.1, -0.05) is 50.3 Å². The number of Topliss-reactive ketones (excluding diaryl/α,β-unsaturated/α-hetero) is 1. The summed E-state index contributed by atoms with van der Waals surface area (Å²) in [5, 5.41) is 8.73. The zero-order chi connectivity index (χ0) is 24.7. The molecule has 182 valence electrons. The Morgan fingerprint density at radius 3 is 2.43 bits per heavy atom. The fraction of sp³-hybridized carbons (Fsp3) is 0.429. The van der Waals surface area contributed by atoms with Gasteiger partial charge in [0, 0.05) is 30.1 Å². The molecule has 0 N–H and O–H groups in total. The highest BCUT2D eigenvalue weighted by Crippen LogP contribution is 2.34. The van der Waals surface area contributed by atoms with Crippen LogP contribution >= 0.6 is 0 Å². The summed E-state index contributed by atoms with van der Waals surface area (Å²) >= 11 is 0. The molecular weight excluding hydrogens is 443 g/mol. The summed E-state index contributed by atoms with van der Waals surface area (Å²) in [6.07, 6.45) is 7.04. The van der Waals surface area contributed by atoms with Crippen molar-refractivity contribution in [3.63, 3.8) is 0 Å². The minimum atomic E-state index is -0.402. The van der Waals surface area contributed by atoms with E-state index in [2.05, 4.69) is 31.1 Å². The third-order valence-electron chi connectivity index (χ3n) is 6.83. The lowest BCUT2D eigenvalue weighted by atomic mass is 9.96. The number of hydrogen-bond acceptors (Lipinski definition) is 4. The molecule has 0 unspecified atom stereocenters. The van der Waals surface area contributed by atoms with Crippen molar-refractivity contribution in [1.82, 2.24) is 19.9 Å². The second-order valence-electron chi connectivity index (χ2n) is 10.8. The van der Waals surface area contributed by atoms with E-state index < -0.39 is 5.82 Å². The first kappa shape index (κ1) is 23.4. The van der Waals surface area contributed by atoms with E-state index in [1.54, 1.807) is 18.2 Å². The number of benzene rings is 2. The van der Waals surface area contributed by atoms with Gasteiger partial charge in [-0.3, -0.25) is 9.59 Å². The molecule has 2 heterocycles. The van der Waals surface area contributed by atoms with Gasteiger partial charge < -0.3 is 4.90 Å². The van der Waals surface area contributed by atoms with Crippen LogP contribution in [-0.2, 0) is 4.79 Å². The lowest BCUT2D eigenvalue weighted by Gasteiger charge is -2.31. The highest BCUT2D eigenvalue weighted by Gasteiger charge is 2.31. The van der Waals surface area contributed by atoms with Crippen LogP contribution in [0.2, 0.25) is 0 Å². The first-order valence-corrected chi connectivity index (χ1v) is 12.4. The van der Waals surface area contributed by atoms with Crippen LogP contribution in [0.25, 0.3) is 22.2 Å². The minimum Gasteiger partial charge on any atom is -0.339 e. The number of carbonyl (C=O) groups is 2. The Kier molecular flexibility index (Phi) is 6.03. The van der Waals surface area contributed by atoms with Gasteiger partial charge >= 0.3 is 0 Å². The number of ketones is 1. The van der Waals surface area contributed by atoms with Crippen LogP contribution in [0.15, 0.2) is 48.6 Å². The average molecular weight is 475 g/mol. The molecule has 3 aromatic rings. The van der Waals surface area contributed by atoms with Crippen molar-refractivity contribution in [3.8, 4) is 11.1 Å². The summed E-state index contributed by atoms with van der Waals surface area (Å²) in [4.78, 5) is 26.6. The molecule has 0 radical (unpaired) electrons. The number of allylic oxidation sites excluding steroid dienone is 1. The normalized spacial score (nSPS) is 17.4. The Balaban J connectivity index is 1.30. The lowest BCUT2D eigenvalue weighted by Crippen LogP contribution is -2.38. The number of piperidine rings is 1. The number of carbonyl (C=O) groups excluding carboxylic acids is 2. The quantitative estimate of drug-likeness (QED) is 0.357. The Labute approximate surface area is 204 Å². The largest absolute Gasteiger partial charge is 0.339 e. The van der Waals surface area contributed by atoms with E-state index in [1.807, 2.05) is 33.9 Å². The summed E-state index contributed by atoms with van der Waals surface area (Å²) in [6, 6.07) is 10.5. The number of likely N-dealkylation sites (tertiary alicyclic amines) is 1. The van der Waals surface area contributed by atoms with Crippen molar-refractivity contribution in [2.45, 2.75) is 52.5 Å². The van der Waals surface area contributed by atoms with Gasteiger partial charge in [-0.15, -0.1) is 5.10 Å². The molecule has 1 aliphatic heterocycles. The van der Waals surface area contributed by atoms with E-state index in [9.17, 15) is 14.0 Å². The number of halogens is 1. The van der Waals surface area contributed by atoms with Crippen molar-refractivity contribution in [2.75, 3.05) is 13.1 Å². The van der Waals surface area contributed by atoms with E-state index in [-0.39, 0.29) is 29.1 Å². The molecule has 6 nitrogen and oxygen atoms in total. The van der Waals surface area contributed by atoms with Gasteiger partial charge in [-0.05, 0) is 60.9 Å². The maximum atomic E-state index is 14.9. The molecule has 1 amide bonds. The first-order chi connectivity index (χ1) is 16.7. The molecule has 1 aromatic heterocycles. The Morgan fingerprint density at radius 1 is 1.03 bits per heavy atom. The molecule has 1 saturated heterocycles. The number of nitrogens with zero attached hydrogens (tertiary/aromatic N) is 4. The highest BCUT2D eigenvalue weighted by atomic mass is 19.1. The number of amides is 1. The van der Waals surface area contributed by atoms with Gasteiger partial charge in [0.25, 0.3) is 0 Å². The van der Waals surface area contributed by atoms with Crippen molar-refractivity contribution in [1.29, 1.82) is 0 Å². The molecule has 5 rings (SSSR count). The zero-order valence-electron chi connectivity index (χ0n) is 20.5. The smallest absolute Gasteiger partial charge is 0.246 e. The molecular formula is C28H31FN4O2. The van der Waals surface area contributed by atoms with Crippen molar-refractivity contribution >= 4 is 22.7 Å². The second kappa shape index (κ2) is 9.02. The van der Waals surface area contributed by atoms with Crippen LogP contribution in [0.5, 0.6) is 0 Å². The monoisotopic (exact) mass is 474 g/mol. The minimum absolute atomic E-state index is 0.0224. The Bertz CT molecular complexity index is 1310. The average Bonchev–Trinajstić information content (AvgIpc) is 3.60. The predicted molar refractivity (Wildman–Crippen MR) is 133 cm³/mol. The van der Waals surface area contributed by atoms with Gasteiger partial charge in [0.05, 0.1) is 11.6 Å². The van der Waals surface area contributed by atoms with Crippen molar-refractivity contribution in [2.24, 2.45) is 11.3 Å². The van der Waals surface area contributed by atoms with Crippen LogP contribution in [0.1, 0.15) is 62.9 Å². The Morgan fingerprint density at radius 2 is 1.77 bits per heavy atom. The van der Waals surface area contributed by atoms with Gasteiger partial charge in [-0.25, -0.2) is 9.07 Å². The van der Waals surface area contributed by atoms with E-state index in [4.69, 9.17) is 0 Å². The van der Waals surface area contributed by atoms with Gasteiger partial charge in [-0.2, -0.15) is 0 Å². The summed E-state index contributed by atoms with van der Waals surface area (Å²) in [5.74, 6) is -0.248. The number of hydrogen-bond donors (Lipinski definition) is 0. The third kappa shape index (κ3) is 5.04. The van der Waals surface area contributed by atoms with Gasteiger partial charge in [0.1, 0.15) is 11.3 Å². The molecule has 35 heavy (non-hydrogen) atoms. The fourth-order valence-corrected chi connectivity index (χ4v) is 4.62. The summed E-state index contributed by atoms with van der Waals surface area (Å²) < 4.78 is 16.8. The standard InChI is InChI=1S/C28H31FN4O2/c1-28(2,3)13-10-26(34)32-14-11-21(12-15-32)33-25-9-7-19(17-24(25)30-31-33)22-8-6-20(16-23(22)29)27(35)18-4-5-18/h6-10,13,16-18,21H,4-5,11-12,14-15H2,1-3H3/b13-10-. The second-order valence-corrected chi connectivity index (χ2v) is 10.8. The molecule has 0 bridgehead atoms. The Hall–Kier alpha value is -3.35. The fourth-order valence-electron chi connectivity index (χ4n) is 4.62. The van der Waals surface area contributed by atoms with E-state index in [1.165, 1.54) is 6.07 Å². The van der Waals surface area contributed by atoms with Crippen LogP contribution < -0.4 is 0 Å². The molecule has 0 atom stereocenters. The maximum absolute atomic E-state index is 14.9. The van der Waals surface area contributed by atoms with Gasteiger partial charge in [0.15, 0.2) is 5.78 Å². The molecule has 0 spiro atoms. The first-order valence-electron chi connectivity index (χ1n) is 12.4. The molecule has 1 saturated carbocycles. The zero-order valence-corrected chi connectivity index (χ0v) is 20.5. The molecule has 1 aliphatic carbocycles. The molecule has 2 aliphatic rings. The van der Waals surface area contributed by atoms with Crippen molar-refractivity contribution < 1.29 is 14.0 Å². The number of rotatable bonds is 5. The third-order valence-corrected chi connectivity index (χ3v) is 6.83. The van der Waals surface area contributed by atoms with Crippen LogP contribution in [0, 0.1) is 17.2 Å². The summed E-state index contributed by atoms with van der Waals surface area (Å²) in [7, 11) is 0. The van der Waals surface area contributed by atoms with E-state index in [0.29, 0.717) is 35.3 Å². The number of aromatic nitrogens is 3. The maximum Gasteiger partial charge on any atom is 0.246 e.